The van der Waals surface area contributed by atoms with Crippen LogP contribution >= 0.6 is 0 Å². The van der Waals surface area contributed by atoms with Crippen molar-refractivity contribution in [2.24, 2.45) is 7.05 Å². The summed E-state index contributed by atoms with van der Waals surface area (Å²) in [6, 6.07) is 17.9. The van der Waals surface area contributed by atoms with Crippen molar-refractivity contribution in [2.45, 2.75) is 5.75 Å². The molecule has 12 heteroatoms. The molecule has 0 aliphatic heterocycles. The molecule has 0 aliphatic rings. The lowest BCUT2D eigenvalue weighted by Gasteiger charge is -2.19. The SMILES string of the molecule is CN(c1ccnc(Nc2cccc(CS(C)(=O)=O)c2)n1)c1cccc2c1nc(NC(=O)c1ccco1)n2C. The Morgan fingerprint density at radius 2 is 1.89 bits per heavy atom. The predicted octanol–water partition coefficient (Wildman–Crippen LogP) is 4.26. The average Bonchev–Trinajstić information content (AvgIpc) is 3.52. The maximum absolute atomic E-state index is 12.5. The number of carbonyl (C=O) groups excluding carboxylic acids is 1. The third-order valence-electron chi connectivity index (χ3n) is 5.82. The summed E-state index contributed by atoms with van der Waals surface area (Å²) >= 11 is 0. The second-order valence-electron chi connectivity index (χ2n) is 8.76. The zero-order valence-electron chi connectivity index (χ0n) is 20.9. The molecule has 0 radical (unpaired) electrons. The van der Waals surface area contributed by atoms with Crippen molar-refractivity contribution in [1.29, 1.82) is 0 Å². The molecule has 2 N–H and O–H groups in total. The highest BCUT2D eigenvalue weighted by atomic mass is 32.2. The molecular formula is C26H25N7O4S. The van der Waals surface area contributed by atoms with E-state index < -0.39 is 15.7 Å². The van der Waals surface area contributed by atoms with Crippen molar-refractivity contribution in [1.82, 2.24) is 19.5 Å². The third kappa shape index (κ3) is 5.34. The van der Waals surface area contributed by atoms with E-state index in [1.54, 1.807) is 47.2 Å². The average molecular weight is 532 g/mol. The van der Waals surface area contributed by atoms with Crippen molar-refractivity contribution in [2.75, 3.05) is 28.8 Å². The lowest BCUT2D eigenvalue weighted by Crippen LogP contribution is -2.14. The first kappa shape index (κ1) is 25.0. The van der Waals surface area contributed by atoms with Crippen LogP contribution in [-0.4, -0.2) is 47.1 Å². The molecule has 0 aliphatic carbocycles. The molecule has 0 spiro atoms. The molecule has 5 aromatic rings. The number of imidazole rings is 1. The minimum absolute atomic E-state index is 0.0514. The van der Waals surface area contributed by atoms with E-state index in [9.17, 15) is 13.2 Å². The van der Waals surface area contributed by atoms with E-state index in [0.717, 1.165) is 11.2 Å². The van der Waals surface area contributed by atoms with Gasteiger partial charge in [0, 0.05) is 32.2 Å². The standard InChI is InChI=1S/C26H25N7O4S/c1-32(22-12-13-27-25(29-22)28-18-8-4-7-17(15-18)16-38(3,35)36)19-9-5-10-20-23(19)30-26(33(20)2)31-24(34)21-11-6-14-37-21/h4-15H,16H2,1-3H3,(H,27,28,29)(H,30,31,34). The number of sulfone groups is 1. The van der Waals surface area contributed by atoms with Crippen molar-refractivity contribution in [3.63, 3.8) is 0 Å². The first-order valence-corrected chi connectivity index (χ1v) is 13.6. The molecule has 194 valence electrons. The molecule has 0 fully saturated rings. The number of nitrogens with one attached hydrogen (secondary N) is 2. The topological polar surface area (TPSA) is 135 Å². The van der Waals surface area contributed by atoms with Gasteiger partial charge in [-0.15, -0.1) is 0 Å². The van der Waals surface area contributed by atoms with Gasteiger partial charge in [0.1, 0.15) is 11.3 Å². The number of aromatic nitrogens is 4. The van der Waals surface area contributed by atoms with Crippen LogP contribution in [0.2, 0.25) is 0 Å². The minimum atomic E-state index is -3.15. The van der Waals surface area contributed by atoms with Gasteiger partial charge in [-0.1, -0.05) is 18.2 Å². The van der Waals surface area contributed by atoms with Crippen LogP contribution in [0.5, 0.6) is 0 Å². The minimum Gasteiger partial charge on any atom is -0.459 e. The Kier molecular flexibility index (Phi) is 6.55. The van der Waals surface area contributed by atoms with E-state index in [-0.39, 0.29) is 11.5 Å². The molecule has 11 nitrogen and oxygen atoms in total. The number of rotatable bonds is 8. The molecule has 5 rings (SSSR count). The van der Waals surface area contributed by atoms with Crippen LogP contribution in [0.25, 0.3) is 11.0 Å². The maximum Gasteiger partial charge on any atom is 0.293 e. The van der Waals surface area contributed by atoms with E-state index in [2.05, 4.69) is 25.6 Å². The van der Waals surface area contributed by atoms with Crippen LogP contribution in [0.3, 0.4) is 0 Å². The second kappa shape index (κ2) is 9.98. The van der Waals surface area contributed by atoms with E-state index in [0.29, 0.717) is 34.5 Å². The largest absolute Gasteiger partial charge is 0.459 e. The van der Waals surface area contributed by atoms with Crippen LogP contribution in [0.1, 0.15) is 16.1 Å². The third-order valence-corrected chi connectivity index (χ3v) is 6.68. The van der Waals surface area contributed by atoms with Gasteiger partial charge in [0.05, 0.1) is 23.2 Å². The number of anilines is 5. The number of aryl methyl sites for hydroxylation is 1. The summed E-state index contributed by atoms with van der Waals surface area (Å²) in [7, 11) is 0.531. The van der Waals surface area contributed by atoms with Gasteiger partial charge < -0.3 is 19.2 Å². The molecule has 0 unspecified atom stereocenters. The van der Waals surface area contributed by atoms with Gasteiger partial charge in [-0.3, -0.25) is 10.1 Å². The molecule has 3 aromatic heterocycles. The monoisotopic (exact) mass is 531 g/mol. The zero-order chi connectivity index (χ0) is 26.9. The van der Waals surface area contributed by atoms with Crippen molar-refractivity contribution < 1.29 is 17.6 Å². The Balaban J connectivity index is 1.41. The van der Waals surface area contributed by atoms with Gasteiger partial charge in [0.15, 0.2) is 15.6 Å². The number of benzene rings is 2. The Hall–Kier alpha value is -4.71. The molecule has 38 heavy (non-hydrogen) atoms. The number of furan rings is 1. The number of amides is 1. The summed E-state index contributed by atoms with van der Waals surface area (Å²) in [5, 5.41) is 5.93. The van der Waals surface area contributed by atoms with Gasteiger partial charge >= 0.3 is 0 Å². The smallest absolute Gasteiger partial charge is 0.293 e. The number of hydrogen-bond donors (Lipinski definition) is 2. The molecule has 0 saturated heterocycles. The van der Waals surface area contributed by atoms with Crippen LogP contribution in [-0.2, 0) is 22.6 Å². The highest BCUT2D eigenvalue weighted by molar-refractivity contribution is 7.89. The zero-order valence-corrected chi connectivity index (χ0v) is 21.7. The summed E-state index contributed by atoms with van der Waals surface area (Å²) < 4.78 is 30.3. The fourth-order valence-corrected chi connectivity index (χ4v) is 4.83. The van der Waals surface area contributed by atoms with E-state index in [1.807, 2.05) is 43.3 Å². The molecule has 1 amide bonds. The highest BCUT2D eigenvalue weighted by Crippen LogP contribution is 2.32. The van der Waals surface area contributed by atoms with Crippen molar-refractivity contribution >= 4 is 55.9 Å². The lowest BCUT2D eigenvalue weighted by molar-refractivity contribution is 0.0995. The maximum atomic E-state index is 12.5. The van der Waals surface area contributed by atoms with E-state index >= 15 is 0 Å². The van der Waals surface area contributed by atoms with Crippen LogP contribution in [0, 0.1) is 0 Å². The number of hydrogen-bond acceptors (Lipinski definition) is 9. The molecule has 2 aromatic carbocycles. The fraction of sp³-hybridized carbons (Fsp3) is 0.154. The first-order valence-electron chi connectivity index (χ1n) is 11.6. The summed E-state index contributed by atoms with van der Waals surface area (Å²) in [5.41, 5.74) is 3.61. The summed E-state index contributed by atoms with van der Waals surface area (Å²) in [6.07, 6.45) is 4.27. The van der Waals surface area contributed by atoms with Crippen molar-refractivity contribution in [3.05, 3.63) is 84.4 Å². The van der Waals surface area contributed by atoms with Gasteiger partial charge in [-0.25, -0.2) is 18.4 Å². The number of fused-ring (bicyclic) bond motifs is 1. The molecular weight excluding hydrogens is 506 g/mol. The van der Waals surface area contributed by atoms with E-state index in [4.69, 9.17) is 4.42 Å². The highest BCUT2D eigenvalue weighted by Gasteiger charge is 2.18. The molecule has 3 heterocycles. The predicted molar refractivity (Wildman–Crippen MR) is 146 cm³/mol. The Morgan fingerprint density at radius 3 is 2.66 bits per heavy atom. The fourth-order valence-electron chi connectivity index (χ4n) is 4.04. The Morgan fingerprint density at radius 1 is 1.08 bits per heavy atom. The summed E-state index contributed by atoms with van der Waals surface area (Å²) in [4.78, 5) is 28.0. The number of carbonyl (C=O) groups is 1. The van der Waals surface area contributed by atoms with Crippen LogP contribution in [0.15, 0.2) is 77.5 Å². The van der Waals surface area contributed by atoms with Gasteiger partial charge in [0.25, 0.3) is 5.91 Å². The Bertz CT molecular complexity index is 1730. The van der Waals surface area contributed by atoms with E-state index in [1.165, 1.54) is 12.5 Å². The number of nitrogens with zero attached hydrogens (tertiary/aromatic N) is 5. The molecule has 0 atom stereocenters. The summed E-state index contributed by atoms with van der Waals surface area (Å²) in [6.45, 7) is 0. The van der Waals surface area contributed by atoms with Gasteiger partial charge in [-0.2, -0.15) is 4.98 Å². The molecule has 0 bridgehead atoms. The second-order valence-corrected chi connectivity index (χ2v) is 10.9. The molecule has 0 saturated carbocycles. The van der Waals surface area contributed by atoms with Crippen LogP contribution < -0.4 is 15.5 Å². The van der Waals surface area contributed by atoms with Gasteiger partial charge in [-0.05, 0) is 48.0 Å². The summed E-state index contributed by atoms with van der Waals surface area (Å²) in [5.74, 6) is 1.08. The van der Waals surface area contributed by atoms with Crippen molar-refractivity contribution in [3.8, 4) is 0 Å². The number of para-hydroxylation sites is 1. The lowest BCUT2D eigenvalue weighted by atomic mass is 10.2. The Labute approximate surface area is 219 Å². The van der Waals surface area contributed by atoms with Gasteiger partial charge in [0.2, 0.25) is 11.9 Å². The van der Waals surface area contributed by atoms with Crippen LogP contribution in [0.4, 0.5) is 29.1 Å². The first-order chi connectivity index (χ1) is 18.2. The normalized spacial score (nSPS) is 11.4. The quantitative estimate of drug-likeness (QED) is 0.301.